The Morgan fingerprint density at radius 1 is 1.10 bits per heavy atom. The Hall–Kier alpha value is -2.71. The molecule has 8 heteroatoms. The van der Waals surface area contributed by atoms with Gasteiger partial charge in [-0.05, 0) is 37.6 Å². The van der Waals surface area contributed by atoms with Gasteiger partial charge in [-0.15, -0.1) is 0 Å². The normalized spacial score (nSPS) is 15.0. The van der Waals surface area contributed by atoms with Gasteiger partial charge >= 0.3 is 0 Å². The van der Waals surface area contributed by atoms with Crippen molar-refractivity contribution >= 4 is 17.0 Å². The minimum absolute atomic E-state index is 0.160. The number of carbonyl (C=O) groups excluding carboxylic acids is 1. The minimum atomic E-state index is -0.647. The topological polar surface area (TPSA) is 59.6 Å². The van der Waals surface area contributed by atoms with Crippen molar-refractivity contribution in [1.29, 1.82) is 0 Å². The maximum Gasteiger partial charge on any atom is 0.268 e. The van der Waals surface area contributed by atoms with Gasteiger partial charge < -0.3 is 19.0 Å². The highest BCUT2D eigenvalue weighted by atomic mass is 19.1. The molecule has 1 fully saturated rings. The summed E-state index contributed by atoms with van der Waals surface area (Å²) in [7, 11) is 0. The molecule has 1 amide bonds. The number of aromatic nitrogens is 1. The Balaban J connectivity index is 1.47. The number of hydrogen-bond acceptors (Lipinski definition) is 4. The van der Waals surface area contributed by atoms with Gasteiger partial charge in [0.05, 0.1) is 18.7 Å². The van der Waals surface area contributed by atoms with Crippen LogP contribution in [0.25, 0.3) is 11.1 Å². The zero-order chi connectivity index (χ0) is 21.1. The number of aryl methyl sites for hydroxylation is 1. The summed E-state index contributed by atoms with van der Waals surface area (Å²) < 4.78 is 40.0. The maximum atomic E-state index is 13.6. The summed E-state index contributed by atoms with van der Waals surface area (Å²) in [6.45, 7) is 6.74. The molecule has 0 unspecified atom stereocenters. The molecule has 0 saturated carbocycles. The average molecular weight is 417 g/mol. The molecule has 4 rings (SSSR count). The van der Waals surface area contributed by atoms with E-state index < -0.39 is 11.6 Å². The number of benzene rings is 1. The van der Waals surface area contributed by atoms with Gasteiger partial charge in [-0.1, -0.05) is 0 Å². The molecule has 6 nitrogen and oxygen atoms in total. The predicted octanol–water partition coefficient (Wildman–Crippen LogP) is 3.32. The third-order valence-electron chi connectivity index (χ3n) is 5.25. The second-order valence-corrected chi connectivity index (χ2v) is 7.56. The van der Waals surface area contributed by atoms with Crippen LogP contribution in [0.5, 0.6) is 0 Å². The number of fused-ring (bicyclic) bond motifs is 1. The largest absolute Gasteiger partial charge is 0.460 e. The first-order valence-electron chi connectivity index (χ1n) is 10.1. The molecule has 0 bridgehead atoms. The van der Waals surface area contributed by atoms with Crippen LogP contribution >= 0.6 is 0 Å². The van der Waals surface area contributed by atoms with Crippen molar-refractivity contribution in [3.63, 3.8) is 0 Å². The van der Waals surface area contributed by atoms with Crippen molar-refractivity contribution in [2.75, 3.05) is 39.4 Å². The van der Waals surface area contributed by atoms with Gasteiger partial charge in [0, 0.05) is 44.4 Å². The van der Waals surface area contributed by atoms with E-state index in [0.717, 1.165) is 50.9 Å². The molecule has 1 aliphatic heterocycles. The Kier molecular flexibility index (Phi) is 6.15. The fourth-order valence-electron chi connectivity index (χ4n) is 3.83. The number of amides is 1. The number of nitrogens with zero attached hydrogens (tertiary/aromatic N) is 2. The second-order valence-electron chi connectivity index (χ2n) is 7.56. The Morgan fingerprint density at radius 2 is 1.83 bits per heavy atom. The van der Waals surface area contributed by atoms with E-state index in [2.05, 4.69) is 10.2 Å². The van der Waals surface area contributed by atoms with E-state index in [1.165, 1.54) is 12.1 Å². The van der Waals surface area contributed by atoms with Crippen molar-refractivity contribution in [2.24, 2.45) is 0 Å². The predicted molar refractivity (Wildman–Crippen MR) is 109 cm³/mol. The summed E-state index contributed by atoms with van der Waals surface area (Å²) in [5, 5.41) is 2.95. The lowest BCUT2D eigenvalue weighted by Crippen LogP contribution is -2.38. The quantitative estimate of drug-likeness (QED) is 0.599. The van der Waals surface area contributed by atoms with Crippen molar-refractivity contribution in [3.8, 4) is 0 Å². The zero-order valence-corrected chi connectivity index (χ0v) is 16.9. The summed E-state index contributed by atoms with van der Waals surface area (Å²) in [6, 6.07) is 6.87. The van der Waals surface area contributed by atoms with E-state index >= 15 is 0 Å². The first kappa shape index (κ1) is 20.6. The molecule has 1 N–H and O–H groups in total. The summed E-state index contributed by atoms with van der Waals surface area (Å²) in [5.74, 6) is -0.827. The lowest BCUT2D eigenvalue weighted by molar-refractivity contribution is 0.0374. The zero-order valence-electron chi connectivity index (χ0n) is 16.9. The number of nitrogens with one attached hydrogen (secondary N) is 1. The van der Waals surface area contributed by atoms with Crippen LogP contribution in [0.1, 0.15) is 28.2 Å². The Bertz CT molecular complexity index is 1020. The fourth-order valence-corrected chi connectivity index (χ4v) is 3.83. The number of carbonyl (C=O) groups is 1. The second kappa shape index (κ2) is 8.97. The van der Waals surface area contributed by atoms with Crippen LogP contribution in [-0.4, -0.2) is 54.8 Å². The van der Waals surface area contributed by atoms with Crippen LogP contribution in [0, 0.1) is 18.6 Å². The van der Waals surface area contributed by atoms with E-state index in [1.54, 1.807) is 10.6 Å². The van der Waals surface area contributed by atoms with Gasteiger partial charge in [0.2, 0.25) is 0 Å². The minimum Gasteiger partial charge on any atom is -0.460 e. The van der Waals surface area contributed by atoms with E-state index in [4.69, 9.17) is 9.15 Å². The van der Waals surface area contributed by atoms with E-state index in [1.807, 2.05) is 13.0 Å². The number of furan rings is 1. The highest BCUT2D eigenvalue weighted by Gasteiger charge is 2.19. The molecule has 30 heavy (non-hydrogen) atoms. The lowest BCUT2D eigenvalue weighted by atomic mass is 10.2. The first-order chi connectivity index (χ1) is 14.5. The summed E-state index contributed by atoms with van der Waals surface area (Å²) in [4.78, 5) is 15.2. The van der Waals surface area contributed by atoms with Crippen LogP contribution in [0.4, 0.5) is 8.78 Å². The summed E-state index contributed by atoms with van der Waals surface area (Å²) in [5.41, 5.74) is 2.13. The molecular weight excluding hydrogens is 392 g/mol. The van der Waals surface area contributed by atoms with Gasteiger partial charge in [-0.2, -0.15) is 0 Å². The molecule has 0 atom stereocenters. The smallest absolute Gasteiger partial charge is 0.268 e. The van der Waals surface area contributed by atoms with Crippen LogP contribution in [0.15, 0.2) is 34.7 Å². The van der Waals surface area contributed by atoms with Crippen LogP contribution in [0.3, 0.4) is 0 Å². The standard InChI is InChI=1S/C22H25F2N3O3/c1-15-9-19-21(30-15)13-20(27(19)14-16-10-17(23)12-18(24)11-16)22(28)25-3-2-4-26-5-7-29-8-6-26/h9-13H,2-8,14H2,1H3,(H,25,28). The fraction of sp³-hybridized carbons (Fsp3) is 0.409. The van der Waals surface area contributed by atoms with Crippen molar-refractivity contribution < 1.29 is 22.7 Å². The molecular formula is C22H25F2N3O3. The van der Waals surface area contributed by atoms with Crippen LogP contribution in [0.2, 0.25) is 0 Å². The number of halogens is 2. The number of morpholine rings is 1. The molecule has 2 aromatic heterocycles. The van der Waals surface area contributed by atoms with Crippen LogP contribution in [-0.2, 0) is 11.3 Å². The highest BCUT2D eigenvalue weighted by molar-refractivity contribution is 5.97. The van der Waals surface area contributed by atoms with Gasteiger partial charge in [-0.25, -0.2) is 8.78 Å². The third kappa shape index (κ3) is 4.71. The molecule has 3 heterocycles. The molecule has 3 aromatic rings. The Labute approximate surface area is 173 Å². The summed E-state index contributed by atoms with van der Waals surface area (Å²) in [6.07, 6.45) is 0.830. The van der Waals surface area contributed by atoms with Gasteiger partial charge in [-0.3, -0.25) is 9.69 Å². The van der Waals surface area contributed by atoms with E-state index in [9.17, 15) is 13.6 Å². The number of ether oxygens (including phenoxy) is 1. The van der Waals surface area contributed by atoms with E-state index in [0.29, 0.717) is 29.1 Å². The molecule has 0 radical (unpaired) electrons. The Morgan fingerprint density at radius 3 is 2.57 bits per heavy atom. The highest BCUT2D eigenvalue weighted by Crippen LogP contribution is 2.25. The third-order valence-corrected chi connectivity index (χ3v) is 5.25. The molecule has 1 aromatic carbocycles. The molecule has 160 valence electrons. The summed E-state index contributed by atoms with van der Waals surface area (Å²) >= 11 is 0. The van der Waals surface area contributed by atoms with Gasteiger partial charge in [0.15, 0.2) is 5.58 Å². The van der Waals surface area contributed by atoms with Gasteiger partial charge in [0.1, 0.15) is 23.1 Å². The van der Waals surface area contributed by atoms with Gasteiger partial charge in [0.25, 0.3) is 5.91 Å². The molecule has 0 spiro atoms. The van der Waals surface area contributed by atoms with E-state index in [-0.39, 0.29) is 12.5 Å². The number of rotatable bonds is 7. The van der Waals surface area contributed by atoms with Crippen molar-refractivity contribution in [1.82, 2.24) is 14.8 Å². The first-order valence-corrected chi connectivity index (χ1v) is 10.1. The van der Waals surface area contributed by atoms with Crippen molar-refractivity contribution in [2.45, 2.75) is 19.9 Å². The SMILES string of the molecule is Cc1cc2c(cc(C(=O)NCCCN3CCOCC3)n2Cc2cc(F)cc(F)c2)o1. The maximum absolute atomic E-state index is 13.6. The van der Waals surface area contributed by atoms with Crippen molar-refractivity contribution in [3.05, 3.63) is 59.0 Å². The monoisotopic (exact) mass is 417 g/mol. The average Bonchev–Trinajstić information content (AvgIpc) is 3.22. The number of hydrogen-bond donors (Lipinski definition) is 1. The lowest BCUT2D eigenvalue weighted by Gasteiger charge is -2.26. The molecule has 1 aliphatic rings. The molecule has 0 aliphatic carbocycles. The van der Waals surface area contributed by atoms with Crippen LogP contribution < -0.4 is 5.32 Å². The molecule has 1 saturated heterocycles.